The van der Waals surface area contributed by atoms with Crippen LogP contribution in [0.1, 0.15) is 62.8 Å². The van der Waals surface area contributed by atoms with Crippen LogP contribution in [0.2, 0.25) is 18.1 Å². The monoisotopic (exact) mass is 364 g/mol. The van der Waals surface area contributed by atoms with Gasteiger partial charge in [-0.05, 0) is 75.4 Å². The molecule has 3 nitrogen and oxygen atoms in total. The molecule has 4 heteroatoms. The van der Waals surface area contributed by atoms with Crippen molar-refractivity contribution in [2.75, 3.05) is 6.61 Å². The molecule has 1 aliphatic rings. The fourth-order valence-electron chi connectivity index (χ4n) is 3.21. The van der Waals surface area contributed by atoms with Crippen LogP contribution < -0.4 is 4.74 Å². The normalized spacial score (nSPS) is 21.0. The summed E-state index contributed by atoms with van der Waals surface area (Å²) in [5, 5.41) is 10.5. The molecular weight excluding hydrogens is 328 g/mol. The highest BCUT2D eigenvalue weighted by Gasteiger charge is 2.39. The van der Waals surface area contributed by atoms with E-state index >= 15 is 0 Å². The predicted octanol–water partition coefficient (Wildman–Crippen LogP) is 5.81. The largest absolute Gasteiger partial charge is 0.507 e. The van der Waals surface area contributed by atoms with Gasteiger partial charge in [-0.3, -0.25) is 0 Å². The molecule has 0 radical (unpaired) electrons. The number of hydrogen-bond donors (Lipinski definition) is 1. The summed E-state index contributed by atoms with van der Waals surface area (Å²) in [6.45, 7) is 20.4. The Morgan fingerprint density at radius 1 is 1.12 bits per heavy atom. The van der Waals surface area contributed by atoms with Gasteiger partial charge in [0.15, 0.2) is 8.32 Å². The van der Waals surface area contributed by atoms with Gasteiger partial charge in [-0.25, -0.2) is 0 Å². The highest BCUT2D eigenvalue weighted by Crippen LogP contribution is 2.44. The first-order valence-electron chi connectivity index (χ1n) is 9.44. The first kappa shape index (κ1) is 20.3. The maximum absolute atomic E-state index is 10.3. The predicted molar refractivity (Wildman–Crippen MR) is 107 cm³/mol. The summed E-state index contributed by atoms with van der Waals surface area (Å²) in [7, 11) is -1.72. The first-order chi connectivity index (χ1) is 11.3. The van der Waals surface area contributed by atoms with Crippen molar-refractivity contribution in [2.24, 2.45) is 0 Å². The smallest absolute Gasteiger partial charge is 0.191 e. The van der Waals surface area contributed by atoms with Crippen molar-refractivity contribution in [3.63, 3.8) is 0 Å². The van der Waals surface area contributed by atoms with E-state index in [9.17, 15) is 5.11 Å². The lowest BCUT2D eigenvalue weighted by Gasteiger charge is -2.40. The van der Waals surface area contributed by atoms with Crippen LogP contribution in [0.25, 0.3) is 0 Å². The molecule has 2 rings (SSSR count). The van der Waals surface area contributed by atoms with Gasteiger partial charge in [-0.1, -0.05) is 20.8 Å². The summed E-state index contributed by atoms with van der Waals surface area (Å²) < 4.78 is 12.9. The number of aromatic hydroxyl groups is 1. The van der Waals surface area contributed by atoms with E-state index in [2.05, 4.69) is 40.8 Å². The van der Waals surface area contributed by atoms with Crippen molar-refractivity contribution < 1.29 is 14.3 Å². The van der Waals surface area contributed by atoms with Crippen molar-refractivity contribution in [3.05, 3.63) is 22.3 Å². The van der Waals surface area contributed by atoms with E-state index < -0.39 is 8.32 Å². The molecule has 0 aliphatic carbocycles. The number of ether oxygens (including phenoxy) is 1. The maximum Gasteiger partial charge on any atom is 0.191 e. The molecule has 1 aromatic carbocycles. The second-order valence-electron chi connectivity index (χ2n) is 9.44. The summed E-state index contributed by atoms with van der Waals surface area (Å²) >= 11 is 0. The summed E-state index contributed by atoms with van der Waals surface area (Å²) in [5.74, 6) is 1.40. The van der Waals surface area contributed by atoms with Gasteiger partial charge in [0.25, 0.3) is 0 Å². The van der Waals surface area contributed by atoms with Crippen LogP contribution in [0.4, 0.5) is 0 Å². The standard InChI is InChI=1S/C21H36O3Si/c1-14-15(2)19-17(16(3)18(14)22)10-11-21(7,24-19)12-13-23-25(8,9)20(4,5)6/h22H,10-13H2,1-9H3. The lowest BCUT2D eigenvalue weighted by Crippen LogP contribution is -2.43. The van der Waals surface area contributed by atoms with E-state index in [0.29, 0.717) is 5.75 Å². The summed E-state index contributed by atoms with van der Waals surface area (Å²) in [4.78, 5) is 0. The van der Waals surface area contributed by atoms with Gasteiger partial charge in [-0.15, -0.1) is 0 Å². The molecule has 1 unspecified atom stereocenters. The molecule has 0 fully saturated rings. The van der Waals surface area contributed by atoms with Crippen LogP contribution in [-0.2, 0) is 10.8 Å². The van der Waals surface area contributed by atoms with E-state index in [1.54, 1.807) is 0 Å². The minimum atomic E-state index is -1.72. The maximum atomic E-state index is 10.3. The Balaban J connectivity index is 2.14. The number of fused-ring (bicyclic) bond motifs is 1. The summed E-state index contributed by atoms with van der Waals surface area (Å²) in [6.07, 6.45) is 2.81. The molecule has 0 spiro atoms. The minimum Gasteiger partial charge on any atom is -0.507 e. The Labute approximate surface area is 154 Å². The minimum absolute atomic E-state index is 0.198. The zero-order valence-electron chi connectivity index (χ0n) is 17.6. The van der Waals surface area contributed by atoms with Crippen molar-refractivity contribution in [1.82, 2.24) is 0 Å². The van der Waals surface area contributed by atoms with Gasteiger partial charge in [0, 0.05) is 18.6 Å². The molecule has 0 bridgehead atoms. The van der Waals surface area contributed by atoms with E-state index in [1.807, 2.05) is 20.8 Å². The average Bonchev–Trinajstić information content (AvgIpc) is 2.49. The Bertz CT molecular complexity index is 658. The van der Waals surface area contributed by atoms with Crippen LogP contribution >= 0.6 is 0 Å². The van der Waals surface area contributed by atoms with Gasteiger partial charge >= 0.3 is 0 Å². The Morgan fingerprint density at radius 2 is 1.72 bits per heavy atom. The number of hydrogen-bond acceptors (Lipinski definition) is 3. The molecule has 142 valence electrons. The second kappa shape index (κ2) is 6.62. The van der Waals surface area contributed by atoms with Crippen LogP contribution in [0.5, 0.6) is 11.5 Å². The number of benzene rings is 1. The molecule has 1 aromatic rings. The summed E-state index contributed by atoms with van der Waals surface area (Å²) in [5.41, 5.74) is 3.93. The highest BCUT2D eigenvalue weighted by atomic mass is 28.4. The molecule has 0 aromatic heterocycles. The molecule has 0 saturated heterocycles. The number of rotatable bonds is 4. The molecule has 1 heterocycles. The molecule has 0 amide bonds. The van der Waals surface area contributed by atoms with Gasteiger partial charge < -0.3 is 14.3 Å². The number of phenolic OH excluding ortho intramolecular Hbond substituents is 1. The van der Waals surface area contributed by atoms with Gasteiger partial charge in [0.2, 0.25) is 0 Å². The van der Waals surface area contributed by atoms with Gasteiger partial charge in [0.1, 0.15) is 17.1 Å². The fraction of sp³-hybridized carbons (Fsp3) is 0.714. The summed E-state index contributed by atoms with van der Waals surface area (Å²) in [6, 6.07) is 0. The van der Waals surface area contributed by atoms with Crippen LogP contribution in [-0.4, -0.2) is 25.6 Å². The zero-order chi connectivity index (χ0) is 19.2. The van der Waals surface area contributed by atoms with E-state index in [1.165, 1.54) is 5.56 Å². The number of phenols is 1. The zero-order valence-corrected chi connectivity index (χ0v) is 18.6. The lowest BCUT2D eigenvalue weighted by molar-refractivity contribution is 0.0393. The van der Waals surface area contributed by atoms with Crippen molar-refractivity contribution >= 4 is 8.32 Å². The molecule has 1 atom stereocenters. The molecule has 25 heavy (non-hydrogen) atoms. The SMILES string of the molecule is Cc1c(C)c2c(c(C)c1O)CCC(C)(CCO[Si](C)(C)C(C)(C)C)O2. The third-order valence-corrected chi connectivity index (χ3v) is 11.0. The Kier molecular flexibility index (Phi) is 5.38. The topological polar surface area (TPSA) is 38.7 Å². The third kappa shape index (κ3) is 3.90. The second-order valence-corrected chi connectivity index (χ2v) is 14.3. The van der Waals surface area contributed by atoms with Crippen molar-refractivity contribution in [2.45, 2.75) is 91.5 Å². The van der Waals surface area contributed by atoms with Crippen molar-refractivity contribution in [3.8, 4) is 11.5 Å². The van der Waals surface area contributed by atoms with Crippen LogP contribution in [0.3, 0.4) is 0 Å². The van der Waals surface area contributed by atoms with Gasteiger partial charge in [-0.2, -0.15) is 0 Å². The lowest BCUT2D eigenvalue weighted by atomic mass is 9.86. The molecule has 1 aliphatic heterocycles. The molecule has 0 saturated carbocycles. The average molecular weight is 365 g/mol. The molecule has 1 N–H and O–H groups in total. The van der Waals surface area contributed by atoms with E-state index in [4.69, 9.17) is 9.16 Å². The van der Waals surface area contributed by atoms with E-state index in [0.717, 1.165) is 48.3 Å². The Hall–Kier alpha value is -1.00. The quantitative estimate of drug-likeness (QED) is 0.685. The van der Waals surface area contributed by atoms with Gasteiger partial charge in [0.05, 0.1) is 0 Å². The Morgan fingerprint density at radius 3 is 2.28 bits per heavy atom. The van der Waals surface area contributed by atoms with Crippen molar-refractivity contribution in [1.29, 1.82) is 0 Å². The fourth-order valence-corrected chi connectivity index (χ4v) is 4.25. The van der Waals surface area contributed by atoms with Crippen LogP contribution in [0.15, 0.2) is 0 Å². The highest BCUT2D eigenvalue weighted by molar-refractivity contribution is 6.74. The molecular formula is C21H36O3Si. The first-order valence-corrected chi connectivity index (χ1v) is 12.3. The van der Waals surface area contributed by atoms with E-state index in [-0.39, 0.29) is 10.6 Å². The van der Waals surface area contributed by atoms with Crippen LogP contribution in [0, 0.1) is 20.8 Å². The third-order valence-electron chi connectivity index (χ3n) is 6.49.